The molecule has 4 heteroatoms. The number of aromatic nitrogens is 3. The van der Waals surface area contributed by atoms with E-state index in [4.69, 9.17) is 0 Å². The molecule has 0 aliphatic rings. The van der Waals surface area contributed by atoms with Crippen molar-refractivity contribution < 1.29 is 0 Å². The summed E-state index contributed by atoms with van der Waals surface area (Å²) >= 11 is 0. The average Bonchev–Trinajstić information content (AvgIpc) is 2.82. The van der Waals surface area contributed by atoms with Crippen molar-refractivity contribution >= 4 is 5.52 Å². The third kappa shape index (κ3) is 2.69. The van der Waals surface area contributed by atoms with Gasteiger partial charge in [0.2, 0.25) is 0 Å². The minimum absolute atomic E-state index is 0.289. The van der Waals surface area contributed by atoms with Crippen molar-refractivity contribution in [2.45, 2.75) is 32.7 Å². The van der Waals surface area contributed by atoms with Gasteiger partial charge in [-0.25, -0.2) is 4.52 Å². The Balaban J connectivity index is 2.25. The Hall–Kier alpha value is -1.86. The standard InChI is InChI=1S/C14H18N4/c1-3-5-6-7-13(16-4-2)12-10-17-18-9-8-15-11-14(12)18/h8-11,13,16H,4,6-7H2,1-2H3. The molecule has 0 amide bonds. The molecule has 0 spiro atoms. The van der Waals surface area contributed by atoms with Crippen molar-refractivity contribution in [2.24, 2.45) is 0 Å². The van der Waals surface area contributed by atoms with E-state index in [0.717, 1.165) is 24.9 Å². The highest BCUT2D eigenvalue weighted by molar-refractivity contribution is 5.53. The smallest absolute Gasteiger partial charge is 0.0892 e. The predicted octanol–water partition coefficient (Wildman–Crippen LogP) is 2.18. The molecule has 0 bridgehead atoms. The van der Waals surface area contributed by atoms with Crippen LogP contribution in [0.1, 0.15) is 38.3 Å². The first-order valence-electron chi connectivity index (χ1n) is 6.27. The zero-order chi connectivity index (χ0) is 12.8. The molecule has 0 aliphatic carbocycles. The van der Waals surface area contributed by atoms with Crippen molar-refractivity contribution in [1.29, 1.82) is 0 Å². The molecule has 0 radical (unpaired) electrons. The second-order valence-corrected chi connectivity index (χ2v) is 4.08. The zero-order valence-electron chi connectivity index (χ0n) is 10.8. The molecule has 1 unspecified atom stereocenters. The molecule has 1 N–H and O–H groups in total. The fraction of sp³-hybridized carbons (Fsp3) is 0.429. The maximum Gasteiger partial charge on any atom is 0.0892 e. The fourth-order valence-corrected chi connectivity index (χ4v) is 2.08. The summed E-state index contributed by atoms with van der Waals surface area (Å²) in [6.45, 7) is 4.92. The maximum absolute atomic E-state index is 4.35. The number of nitrogens with one attached hydrogen (secondary N) is 1. The van der Waals surface area contributed by atoms with E-state index in [1.54, 1.807) is 6.20 Å². The van der Waals surface area contributed by atoms with E-state index < -0.39 is 0 Å². The fourth-order valence-electron chi connectivity index (χ4n) is 2.08. The Morgan fingerprint density at radius 1 is 1.44 bits per heavy atom. The molecule has 2 rings (SSSR count). The lowest BCUT2D eigenvalue weighted by molar-refractivity contribution is 0.525. The van der Waals surface area contributed by atoms with Gasteiger partial charge in [0, 0.05) is 30.4 Å². The van der Waals surface area contributed by atoms with Gasteiger partial charge in [0.05, 0.1) is 17.9 Å². The van der Waals surface area contributed by atoms with Gasteiger partial charge in [0.1, 0.15) is 0 Å². The second-order valence-electron chi connectivity index (χ2n) is 4.08. The number of fused-ring (bicyclic) bond motifs is 1. The van der Waals surface area contributed by atoms with E-state index in [-0.39, 0.29) is 6.04 Å². The number of rotatable bonds is 5. The van der Waals surface area contributed by atoms with Gasteiger partial charge in [-0.1, -0.05) is 6.92 Å². The molecule has 0 aliphatic heterocycles. The van der Waals surface area contributed by atoms with E-state index in [0.29, 0.717) is 0 Å². The van der Waals surface area contributed by atoms with Gasteiger partial charge in [-0.3, -0.25) is 4.98 Å². The molecule has 0 saturated carbocycles. The van der Waals surface area contributed by atoms with Crippen LogP contribution in [0.4, 0.5) is 0 Å². The molecule has 1 atom stereocenters. The van der Waals surface area contributed by atoms with Crippen LogP contribution in [0.25, 0.3) is 5.52 Å². The summed E-state index contributed by atoms with van der Waals surface area (Å²) in [5, 5.41) is 7.84. The summed E-state index contributed by atoms with van der Waals surface area (Å²) in [4.78, 5) is 4.17. The van der Waals surface area contributed by atoms with Crippen molar-refractivity contribution in [2.75, 3.05) is 6.54 Å². The molecule has 94 valence electrons. The Morgan fingerprint density at radius 2 is 2.33 bits per heavy atom. The molecule has 0 aromatic carbocycles. The maximum atomic E-state index is 4.35. The summed E-state index contributed by atoms with van der Waals surface area (Å²) in [6.07, 6.45) is 9.28. The lowest BCUT2D eigenvalue weighted by Crippen LogP contribution is -2.20. The summed E-state index contributed by atoms with van der Waals surface area (Å²) in [6, 6.07) is 0.289. The van der Waals surface area contributed by atoms with Crippen LogP contribution in [-0.2, 0) is 0 Å². The van der Waals surface area contributed by atoms with Gasteiger partial charge in [-0.15, -0.1) is 11.8 Å². The molecular weight excluding hydrogens is 224 g/mol. The topological polar surface area (TPSA) is 42.2 Å². The molecule has 0 saturated heterocycles. The van der Waals surface area contributed by atoms with Crippen molar-refractivity contribution in [1.82, 2.24) is 19.9 Å². The second kappa shape index (κ2) is 6.18. The van der Waals surface area contributed by atoms with Gasteiger partial charge in [0.15, 0.2) is 0 Å². The van der Waals surface area contributed by atoms with Gasteiger partial charge in [-0.05, 0) is 19.9 Å². The summed E-state index contributed by atoms with van der Waals surface area (Å²) < 4.78 is 1.86. The summed E-state index contributed by atoms with van der Waals surface area (Å²) in [7, 11) is 0. The molecular formula is C14H18N4. The van der Waals surface area contributed by atoms with Crippen LogP contribution in [0.5, 0.6) is 0 Å². The lowest BCUT2D eigenvalue weighted by Gasteiger charge is -2.15. The SMILES string of the molecule is CC#CCCC(NCC)c1cnn2ccncc12. The Labute approximate surface area is 107 Å². The Kier molecular flexibility index (Phi) is 4.32. The average molecular weight is 242 g/mol. The lowest BCUT2D eigenvalue weighted by atomic mass is 10.0. The molecule has 0 fully saturated rings. The van der Waals surface area contributed by atoms with Crippen LogP contribution >= 0.6 is 0 Å². The largest absolute Gasteiger partial charge is 0.310 e. The monoisotopic (exact) mass is 242 g/mol. The first kappa shape index (κ1) is 12.6. The van der Waals surface area contributed by atoms with Crippen LogP contribution < -0.4 is 5.32 Å². The van der Waals surface area contributed by atoms with E-state index in [2.05, 4.69) is 34.2 Å². The van der Waals surface area contributed by atoms with Crippen LogP contribution in [0.15, 0.2) is 24.8 Å². The van der Waals surface area contributed by atoms with E-state index in [1.807, 2.05) is 30.0 Å². The first-order valence-corrected chi connectivity index (χ1v) is 6.27. The molecule has 4 nitrogen and oxygen atoms in total. The van der Waals surface area contributed by atoms with Gasteiger partial charge >= 0.3 is 0 Å². The van der Waals surface area contributed by atoms with Gasteiger partial charge < -0.3 is 5.32 Å². The van der Waals surface area contributed by atoms with Crippen molar-refractivity contribution in [3.05, 3.63) is 30.4 Å². The Bertz CT molecular complexity index is 562. The van der Waals surface area contributed by atoms with Crippen molar-refractivity contribution in [3.8, 4) is 11.8 Å². The molecule has 2 aromatic rings. The number of hydrogen-bond acceptors (Lipinski definition) is 3. The zero-order valence-corrected chi connectivity index (χ0v) is 10.8. The highest BCUT2D eigenvalue weighted by Crippen LogP contribution is 2.22. The van der Waals surface area contributed by atoms with E-state index in [1.165, 1.54) is 5.56 Å². The minimum atomic E-state index is 0.289. The molecule has 2 heterocycles. The van der Waals surface area contributed by atoms with E-state index >= 15 is 0 Å². The van der Waals surface area contributed by atoms with Crippen LogP contribution in [0.2, 0.25) is 0 Å². The van der Waals surface area contributed by atoms with Gasteiger partial charge in [-0.2, -0.15) is 5.10 Å². The quantitative estimate of drug-likeness (QED) is 0.817. The third-order valence-corrected chi connectivity index (χ3v) is 2.92. The third-order valence-electron chi connectivity index (χ3n) is 2.92. The van der Waals surface area contributed by atoms with Crippen LogP contribution in [0, 0.1) is 11.8 Å². The summed E-state index contributed by atoms with van der Waals surface area (Å²) in [5.74, 6) is 6.05. The first-order chi connectivity index (χ1) is 8.86. The highest BCUT2D eigenvalue weighted by Gasteiger charge is 2.14. The molecule has 18 heavy (non-hydrogen) atoms. The predicted molar refractivity (Wildman–Crippen MR) is 72.1 cm³/mol. The number of hydrogen-bond donors (Lipinski definition) is 1. The van der Waals surface area contributed by atoms with E-state index in [9.17, 15) is 0 Å². The van der Waals surface area contributed by atoms with Crippen molar-refractivity contribution in [3.63, 3.8) is 0 Å². The van der Waals surface area contributed by atoms with Gasteiger partial charge in [0.25, 0.3) is 0 Å². The van der Waals surface area contributed by atoms with Crippen LogP contribution in [0.3, 0.4) is 0 Å². The molecule has 2 aromatic heterocycles. The highest BCUT2D eigenvalue weighted by atomic mass is 15.2. The number of nitrogens with zero attached hydrogens (tertiary/aromatic N) is 3. The normalized spacial score (nSPS) is 12.1. The minimum Gasteiger partial charge on any atom is -0.310 e. The van der Waals surface area contributed by atoms with Crippen LogP contribution in [-0.4, -0.2) is 21.1 Å². The summed E-state index contributed by atoms with van der Waals surface area (Å²) in [5.41, 5.74) is 2.26. The Morgan fingerprint density at radius 3 is 3.11 bits per heavy atom.